The van der Waals surface area contributed by atoms with E-state index in [1.807, 2.05) is 25.1 Å². The number of benzene rings is 1. The fourth-order valence-electron chi connectivity index (χ4n) is 1.68. The minimum absolute atomic E-state index is 0.222. The normalized spacial score (nSPS) is 10.3. The van der Waals surface area contributed by atoms with Gasteiger partial charge in [-0.15, -0.1) is 10.2 Å². The Balaban J connectivity index is 1.97. The Bertz CT molecular complexity index is 646. The van der Waals surface area contributed by atoms with E-state index in [1.54, 1.807) is 7.11 Å². The first-order chi connectivity index (χ1) is 10.6. The number of nitrogens with zero attached hydrogens (tertiary/aromatic N) is 2. The quantitative estimate of drug-likeness (QED) is 0.613. The van der Waals surface area contributed by atoms with Crippen molar-refractivity contribution in [1.82, 2.24) is 10.2 Å². The van der Waals surface area contributed by atoms with Crippen LogP contribution in [-0.2, 0) is 9.53 Å². The summed E-state index contributed by atoms with van der Waals surface area (Å²) >= 11 is 2.92. The molecule has 1 N–H and O–H groups in total. The largest absolute Gasteiger partial charge is 0.495 e. The number of carbonyl (C=O) groups excluding carboxylic acids is 1. The average molecular weight is 339 g/mol. The third kappa shape index (κ3) is 4.60. The molecule has 0 atom stereocenters. The molecule has 0 radical (unpaired) electrons. The molecule has 1 aromatic heterocycles. The van der Waals surface area contributed by atoms with E-state index in [4.69, 9.17) is 4.74 Å². The van der Waals surface area contributed by atoms with Crippen LogP contribution in [0, 0.1) is 6.92 Å². The minimum Gasteiger partial charge on any atom is -0.495 e. The van der Waals surface area contributed by atoms with Gasteiger partial charge in [-0.05, 0) is 24.6 Å². The summed E-state index contributed by atoms with van der Waals surface area (Å²) in [6.45, 7) is 2.01. The Hall–Kier alpha value is -1.80. The average Bonchev–Trinajstić information content (AvgIpc) is 2.95. The van der Waals surface area contributed by atoms with Crippen LogP contribution in [0.15, 0.2) is 22.5 Å². The number of anilines is 2. The van der Waals surface area contributed by atoms with Gasteiger partial charge in [0.2, 0.25) is 5.13 Å². The van der Waals surface area contributed by atoms with Crippen LogP contribution < -0.4 is 10.1 Å². The summed E-state index contributed by atoms with van der Waals surface area (Å²) < 4.78 is 10.7. The van der Waals surface area contributed by atoms with Crippen LogP contribution in [0.25, 0.3) is 0 Å². The lowest BCUT2D eigenvalue weighted by Gasteiger charge is -2.09. The highest BCUT2D eigenvalue weighted by Crippen LogP contribution is 2.32. The van der Waals surface area contributed by atoms with Crippen LogP contribution in [-0.4, -0.2) is 36.1 Å². The molecule has 22 heavy (non-hydrogen) atoms. The van der Waals surface area contributed by atoms with Crippen molar-refractivity contribution >= 4 is 39.9 Å². The maximum Gasteiger partial charge on any atom is 0.306 e. The first kappa shape index (κ1) is 16.6. The number of aryl methyl sites for hydroxylation is 1. The van der Waals surface area contributed by atoms with Crippen LogP contribution in [0.5, 0.6) is 5.75 Å². The molecule has 0 saturated heterocycles. The second-order valence-electron chi connectivity index (χ2n) is 4.38. The van der Waals surface area contributed by atoms with Crippen molar-refractivity contribution in [2.75, 3.05) is 25.3 Å². The van der Waals surface area contributed by atoms with Gasteiger partial charge in [0.05, 0.1) is 26.3 Å². The van der Waals surface area contributed by atoms with Gasteiger partial charge in [0, 0.05) is 5.75 Å². The summed E-state index contributed by atoms with van der Waals surface area (Å²) in [5.41, 5.74) is 1.98. The lowest BCUT2D eigenvalue weighted by Crippen LogP contribution is -2.00. The van der Waals surface area contributed by atoms with Gasteiger partial charge >= 0.3 is 5.97 Å². The van der Waals surface area contributed by atoms with E-state index in [-0.39, 0.29) is 5.97 Å². The summed E-state index contributed by atoms with van der Waals surface area (Å²) in [6, 6.07) is 5.88. The summed E-state index contributed by atoms with van der Waals surface area (Å²) in [5.74, 6) is 1.15. The molecule has 0 saturated carbocycles. The Labute approximate surface area is 137 Å². The van der Waals surface area contributed by atoms with E-state index in [9.17, 15) is 4.79 Å². The molecule has 6 nitrogen and oxygen atoms in total. The second kappa shape index (κ2) is 8.00. The monoisotopic (exact) mass is 339 g/mol. The van der Waals surface area contributed by atoms with E-state index in [0.717, 1.165) is 21.3 Å². The smallest absolute Gasteiger partial charge is 0.306 e. The van der Waals surface area contributed by atoms with E-state index < -0.39 is 0 Å². The Morgan fingerprint density at radius 3 is 2.91 bits per heavy atom. The first-order valence-corrected chi connectivity index (χ1v) is 8.37. The molecule has 0 unspecified atom stereocenters. The van der Waals surface area contributed by atoms with Gasteiger partial charge < -0.3 is 14.8 Å². The van der Waals surface area contributed by atoms with E-state index in [1.165, 1.54) is 30.2 Å². The molecule has 1 aromatic carbocycles. The molecule has 0 aliphatic heterocycles. The van der Waals surface area contributed by atoms with E-state index in [2.05, 4.69) is 20.3 Å². The molecule has 2 aromatic rings. The fourth-order valence-corrected chi connectivity index (χ4v) is 3.43. The predicted molar refractivity (Wildman–Crippen MR) is 88.3 cm³/mol. The predicted octanol–water partition coefficient (Wildman–Crippen LogP) is 3.25. The SMILES string of the molecule is COC(=O)CCSc1nnc(Nc2cc(C)ccc2OC)s1. The third-order valence-corrected chi connectivity index (χ3v) is 4.74. The number of aromatic nitrogens is 2. The zero-order valence-corrected chi connectivity index (χ0v) is 14.2. The van der Waals surface area contributed by atoms with Crippen molar-refractivity contribution in [1.29, 1.82) is 0 Å². The Morgan fingerprint density at radius 2 is 2.18 bits per heavy atom. The molecule has 118 valence electrons. The molecule has 0 aliphatic rings. The molecule has 0 aliphatic carbocycles. The molecule has 0 spiro atoms. The second-order valence-corrected chi connectivity index (χ2v) is 6.70. The molecule has 2 rings (SSSR count). The van der Waals surface area contributed by atoms with Crippen LogP contribution >= 0.6 is 23.1 Å². The highest BCUT2D eigenvalue weighted by molar-refractivity contribution is 8.01. The Kier molecular flexibility index (Phi) is 6.02. The van der Waals surface area contributed by atoms with E-state index >= 15 is 0 Å². The number of methoxy groups -OCH3 is 2. The van der Waals surface area contributed by atoms with Crippen LogP contribution in [0.2, 0.25) is 0 Å². The number of hydrogen-bond donors (Lipinski definition) is 1. The summed E-state index contributed by atoms with van der Waals surface area (Å²) in [6.07, 6.45) is 0.356. The van der Waals surface area contributed by atoms with Gasteiger partial charge in [0.1, 0.15) is 5.75 Å². The number of rotatable bonds is 7. The van der Waals surface area contributed by atoms with E-state index in [0.29, 0.717) is 17.3 Å². The van der Waals surface area contributed by atoms with Gasteiger partial charge in [-0.25, -0.2) is 0 Å². The zero-order valence-electron chi connectivity index (χ0n) is 12.6. The molecule has 8 heteroatoms. The van der Waals surface area contributed by atoms with Gasteiger partial charge in [-0.1, -0.05) is 29.2 Å². The lowest BCUT2D eigenvalue weighted by atomic mass is 10.2. The van der Waals surface area contributed by atoms with Crippen molar-refractivity contribution in [2.24, 2.45) is 0 Å². The van der Waals surface area contributed by atoms with Crippen molar-refractivity contribution in [3.63, 3.8) is 0 Å². The highest BCUT2D eigenvalue weighted by atomic mass is 32.2. The molecule has 0 bridgehead atoms. The molecule has 0 fully saturated rings. The Morgan fingerprint density at radius 1 is 1.36 bits per heavy atom. The summed E-state index contributed by atoms with van der Waals surface area (Å²) in [7, 11) is 3.01. The van der Waals surface area contributed by atoms with Gasteiger partial charge in [-0.3, -0.25) is 4.79 Å². The lowest BCUT2D eigenvalue weighted by molar-refractivity contribution is -0.140. The molecule has 0 amide bonds. The van der Waals surface area contributed by atoms with Crippen LogP contribution in [0.3, 0.4) is 0 Å². The molecule has 1 heterocycles. The number of hydrogen-bond acceptors (Lipinski definition) is 8. The minimum atomic E-state index is -0.222. The van der Waals surface area contributed by atoms with Gasteiger partial charge in [-0.2, -0.15) is 0 Å². The summed E-state index contributed by atoms with van der Waals surface area (Å²) in [4.78, 5) is 11.1. The third-order valence-electron chi connectivity index (χ3n) is 2.76. The number of carbonyl (C=O) groups is 1. The van der Waals surface area contributed by atoms with Crippen molar-refractivity contribution in [2.45, 2.75) is 17.7 Å². The highest BCUT2D eigenvalue weighted by Gasteiger charge is 2.09. The fraction of sp³-hybridized carbons (Fsp3) is 0.357. The molecular weight excluding hydrogens is 322 g/mol. The summed E-state index contributed by atoms with van der Waals surface area (Å²) in [5, 5.41) is 12.1. The number of ether oxygens (including phenoxy) is 2. The first-order valence-electron chi connectivity index (χ1n) is 6.57. The van der Waals surface area contributed by atoms with Gasteiger partial charge in [0.25, 0.3) is 0 Å². The van der Waals surface area contributed by atoms with Crippen LogP contribution in [0.4, 0.5) is 10.8 Å². The number of thioether (sulfide) groups is 1. The van der Waals surface area contributed by atoms with Gasteiger partial charge in [0.15, 0.2) is 4.34 Å². The maximum atomic E-state index is 11.1. The number of nitrogens with one attached hydrogen (secondary N) is 1. The van der Waals surface area contributed by atoms with Crippen molar-refractivity contribution in [3.05, 3.63) is 23.8 Å². The topological polar surface area (TPSA) is 73.3 Å². The standard InChI is InChI=1S/C14H17N3O3S2/c1-9-4-5-11(19-2)10(8-9)15-13-16-17-14(22-13)21-7-6-12(18)20-3/h4-5,8H,6-7H2,1-3H3,(H,15,16). The van der Waals surface area contributed by atoms with Crippen LogP contribution in [0.1, 0.15) is 12.0 Å². The van der Waals surface area contributed by atoms with Crippen molar-refractivity contribution in [3.8, 4) is 5.75 Å². The molecular formula is C14H17N3O3S2. The number of esters is 1. The zero-order chi connectivity index (χ0) is 15.9. The van der Waals surface area contributed by atoms with Crippen molar-refractivity contribution < 1.29 is 14.3 Å². The maximum absolute atomic E-state index is 11.1.